The first kappa shape index (κ1) is 14.7. The van der Waals surface area contributed by atoms with Crippen molar-refractivity contribution in [3.05, 3.63) is 47.7 Å². The second-order valence-corrected chi connectivity index (χ2v) is 5.91. The summed E-state index contributed by atoms with van der Waals surface area (Å²) in [4.78, 5) is 5.22. The van der Waals surface area contributed by atoms with Gasteiger partial charge in [0.2, 0.25) is 0 Å². The maximum atomic E-state index is 5.83. The molecular weight excluding hydrogens is 268 g/mol. The fourth-order valence-electron chi connectivity index (χ4n) is 1.77. The molecule has 0 atom stereocenters. The van der Waals surface area contributed by atoms with Crippen LogP contribution in [0.3, 0.4) is 0 Å². The molecule has 1 aromatic carbocycles. The summed E-state index contributed by atoms with van der Waals surface area (Å²) in [7, 11) is 0. The van der Waals surface area contributed by atoms with E-state index in [-0.39, 0.29) is 0 Å². The maximum absolute atomic E-state index is 5.83. The summed E-state index contributed by atoms with van der Waals surface area (Å²) in [6.07, 6.45) is 2.81. The number of ether oxygens (including phenoxy) is 1. The van der Waals surface area contributed by atoms with Gasteiger partial charge in [-0.25, -0.2) is 4.98 Å². The monoisotopic (exact) mass is 288 g/mol. The molecule has 2 rings (SSSR count). The van der Waals surface area contributed by atoms with E-state index in [1.165, 1.54) is 11.1 Å². The Hall–Kier alpha value is -1.68. The number of anilines is 1. The minimum atomic E-state index is 0.563. The van der Waals surface area contributed by atoms with E-state index in [2.05, 4.69) is 37.0 Å². The molecule has 0 aliphatic heterocycles. The Balaban J connectivity index is 1.71. The van der Waals surface area contributed by atoms with Crippen LogP contribution in [-0.4, -0.2) is 17.3 Å². The van der Waals surface area contributed by atoms with E-state index in [0.29, 0.717) is 5.82 Å². The summed E-state index contributed by atoms with van der Waals surface area (Å²) in [6.45, 7) is 4.89. The smallest absolute Gasteiger partial charge is 0.123 e. The summed E-state index contributed by atoms with van der Waals surface area (Å²) in [6, 6.07) is 10.1. The number of aromatic nitrogens is 1. The molecule has 0 bridgehead atoms. The van der Waals surface area contributed by atoms with Gasteiger partial charge >= 0.3 is 0 Å². The zero-order chi connectivity index (χ0) is 14.4. The molecule has 4 heteroatoms. The molecule has 20 heavy (non-hydrogen) atoms. The second-order valence-electron chi connectivity index (χ2n) is 4.74. The molecule has 0 fully saturated rings. The number of nitrogen functional groups attached to an aromatic ring is 1. The Kier molecular flexibility index (Phi) is 5.30. The molecule has 0 radical (unpaired) electrons. The van der Waals surface area contributed by atoms with Crippen molar-refractivity contribution in [3.8, 4) is 5.75 Å². The van der Waals surface area contributed by atoms with Crippen LogP contribution in [0, 0.1) is 13.8 Å². The Bertz CT molecular complexity index is 555. The number of nitrogens with zero attached hydrogens (tertiary/aromatic N) is 1. The topological polar surface area (TPSA) is 48.1 Å². The molecule has 2 N–H and O–H groups in total. The number of nitrogens with two attached hydrogens (primary N) is 1. The molecule has 0 unspecified atom stereocenters. The Morgan fingerprint density at radius 3 is 2.80 bits per heavy atom. The SMILES string of the molecule is Cc1ccc(C)c(OCCCSc2ccc(N)nc2)c1. The van der Waals surface area contributed by atoms with E-state index < -0.39 is 0 Å². The lowest BCUT2D eigenvalue weighted by Gasteiger charge is -2.09. The van der Waals surface area contributed by atoms with Gasteiger partial charge in [-0.05, 0) is 49.6 Å². The lowest BCUT2D eigenvalue weighted by molar-refractivity contribution is 0.316. The number of hydrogen-bond donors (Lipinski definition) is 1. The van der Waals surface area contributed by atoms with Gasteiger partial charge in [-0.15, -0.1) is 11.8 Å². The van der Waals surface area contributed by atoms with Gasteiger partial charge in [0.25, 0.3) is 0 Å². The van der Waals surface area contributed by atoms with Gasteiger partial charge in [0.05, 0.1) is 6.61 Å². The molecule has 0 saturated heterocycles. The minimum Gasteiger partial charge on any atom is -0.493 e. The Morgan fingerprint density at radius 1 is 1.20 bits per heavy atom. The number of aryl methyl sites for hydroxylation is 2. The van der Waals surface area contributed by atoms with E-state index in [9.17, 15) is 0 Å². The molecule has 0 saturated carbocycles. The van der Waals surface area contributed by atoms with Crippen LogP contribution in [0.25, 0.3) is 0 Å². The van der Waals surface area contributed by atoms with Crippen LogP contribution < -0.4 is 10.5 Å². The highest BCUT2D eigenvalue weighted by Crippen LogP contribution is 2.21. The lowest BCUT2D eigenvalue weighted by atomic mass is 10.1. The van der Waals surface area contributed by atoms with Crippen molar-refractivity contribution < 1.29 is 4.74 Å². The molecule has 106 valence electrons. The summed E-state index contributed by atoms with van der Waals surface area (Å²) >= 11 is 1.77. The fraction of sp³-hybridized carbons (Fsp3) is 0.312. The van der Waals surface area contributed by atoms with Gasteiger partial charge in [0, 0.05) is 16.8 Å². The summed E-state index contributed by atoms with van der Waals surface area (Å²) in [5, 5.41) is 0. The van der Waals surface area contributed by atoms with Gasteiger partial charge in [-0.2, -0.15) is 0 Å². The van der Waals surface area contributed by atoms with E-state index in [4.69, 9.17) is 10.5 Å². The molecule has 0 spiro atoms. The third-order valence-electron chi connectivity index (χ3n) is 2.92. The van der Waals surface area contributed by atoms with Crippen LogP contribution >= 0.6 is 11.8 Å². The molecular formula is C16H20N2OS. The van der Waals surface area contributed by atoms with Gasteiger partial charge in [-0.3, -0.25) is 0 Å². The van der Waals surface area contributed by atoms with E-state index >= 15 is 0 Å². The molecule has 2 aromatic rings. The van der Waals surface area contributed by atoms with Gasteiger partial charge in [0.15, 0.2) is 0 Å². The van der Waals surface area contributed by atoms with E-state index in [1.54, 1.807) is 11.8 Å². The first-order chi connectivity index (χ1) is 9.65. The van der Waals surface area contributed by atoms with Crippen LogP contribution in [-0.2, 0) is 0 Å². The Morgan fingerprint density at radius 2 is 2.05 bits per heavy atom. The van der Waals surface area contributed by atoms with Crippen molar-refractivity contribution in [1.29, 1.82) is 0 Å². The number of benzene rings is 1. The molecule has 1 heterocycles. The standard InChI is InChI=1S/C16H20N2OS/c1-12-4-5-13(2)15(10-12)19-8-3-9-20-14-6-7-16(17)18-11-14/h4-7,10-11H,3,8-9H2,1-2H3,(H2,17,18). The summed E-state index contributed by atoms with van der Waals surface area (Å²) in [5.74, 6) is 2.56. The molecule has 0 aliphatic rings. The normalized spacial score (nSPS) is 10.5. The first-order valence-electron chi connectivity index (χ1n) is 6.69. The third-order valence-corrected chi connectivity index (χ3v) is 3.99. The van der Waals surface area contributed by atoms with Crippen LogP contribution in [0.15, 0.2) is 41.4 Å². The first-order valence-corrected chi connectivity index (χ1v) is 7.68. The van der Waals surface area contributed by atoms with Crippen LogP contribution in [0.1, 0.15) is 17.5 Å². The van der Waals surface area contributed by atoms with Gasteiger partial charge in [0.1, 0.15) is 11.6 Å². The van der Waals surface area contributed by atoms with Crippen molar-refractivity contribution >= 4 is 17.6 Å². The largest absolute Gasteiger partial charge is 0.493 e. The average Bonchev–Trinajstić information content (AvgIpc) is 2.44. The van der Waals surface area contributed by atoms with Crippen LogP contribution in [0.2, 0.25) is 0 Å². The van der Waals surface area contributed by atoms with Gasteiger partial charge < -0.3 is 10.5 Å². The molecule has 3 nitrogen and oxygen atoms in total. The quantitative estimate of drug-likeness (QED) is 0.648. The highest BCUT2D eigenvalue weighted by Gasteiger charge is 2.00. The summed E-state index contributed by atoms with van der Waals surface area (Å²) in [5.41, 5.74) is 7.97. The molecule has 0 aliphatic carbocycles. The zero-order valence-corrected chi connectivity index (χ0v) is 12.7. The predicted molar refractivity (Wildman–Crippen MR) is 85.4 cm³/mol. The maximum Gasteiger partial charge on any atom is 0.123 e. The minimum absolute atomic E-state index is 0.563. The highest BCUT2D eigenvalue weighted by molar-refractivity contribution is 7.99. The average molecular weight is 288 g/mol. The van der Waals surface area contributed by atoms with Crippen molar-refractivity contribution in [1.82, 2.24) is 4.98 Å². The van der Waals surface area contributed by atoms with E-state index in [1.807, 2.05) is 18.3 Å². The number of rotatable bonds is 6. The van der Waals surface area contributed by atoms with Crippen molar-refractivity contribution in [3.63, 3.8) is 0 Å². The second kappa shape index (κ2) is 7.20. The highest BCUT2D eigenvalue weighted by atomic mass is 32.2. The number of thioether (sulfide) groups is 1. The lowest BCUT2D eigenvalue weighted by Crippen LogP contribution is -2.00. The number of pyridine rings is 1. The van der Waals surface area contributed by atoms with Crippen molar-refractivity contribution in [2.45, 2.75) is 25.2 Å². The number of hydrogen-bond acceptors (Lipinski definition) is 4. The summed E-state index contributed by atoms with van der Waals surface area (Å²) < 4.78 is 5.83. The van der Waals surface area contributed by atoms with Crippen LogP contribution in [0.5, 0.6) is 5.75 Å². The third kappa shape index (κ3) is 4.46. The van der Waals surface area contributed by atoms with Gasteiger partial charge in [-0.1, -0.05) is 12.1 Å². The molecule has 0 amide bonds. The van der Waals surface area contributed by atoms with Crippen molar-refractivity contribution in [2.24, 2.45) is 0 Å². The van der Waals surface area contributed by atoms with Crippen LogP contribution in [0.4, 0.5) is 5.82 Å². The van der Waals surface area contributed by atoms with E-state index in [0.717, 1.165) is 29.4 Å². The Labute approximate surface area is 124 Å². The van der Waals surface area contributed by atoms with Crippen molar-refractivity contribution in [2.75, 3.05) is 18.1 Å². The molecule has 1 aromatic heterocycles. The fourth-order valence-corrected chi connectivity index (χ4v) is 2.56. The zero-order valence-electron chi connectivity index (χ0n) is 11.9. The predicted octanol–water partition coefficient (Wildman–Crippen LogP) is 3.84.